The molecular formula is C30H39F2N3O3. The van der Waals surface area contributed by atoms with Crippen LogP contribution in [0.2, 0.25) is 0 Å². The fraction of sp³-hybridized carbons (Fsp3) is 0.533. The van der Waals surface area contributed by atoms with Gasteiger partial charge in [-0.3, -0.25) is 9.59 Å². The van der Waals surface area contributed by atoms with E-state index in [2.05, 4.69) is 4.90 Å². The van der Waals surface area contributed by atoms with Crippen molar-refractivity contribution in [3.8, 4) is 16.9 Å². The van der Waals surface area contributed by atoms with E-state index in [9.17, 15) is 18.4 Å². The number of likely N-dealkylation sites (tertiary alicyclic amines) is 2. The molecular weight excluding hydrogens is 488 g/mol. The number of rotatable bonds is 10. The molecule has 0 unspecified atom stereocenters. The van der Waals surface area contributed by atoms with Crippen LogP contribution in [0.4, 0.5) is 8.78 Å². The molecule has 2 fully saturated rings. The van der Waals surface area contributed by atoms with Crippen molar-refractivity contribution in [1.29, 1.82) is 0 Å². The molecule has 0 spiro atoms. The zero-order chi connectivity index (χ0) is 27.3. The van der Waals surface area contributed by atoms with Crippen LogP contribution in [0.15, 0.2) is 42.5 Å². The molecule has 38 heavy (non-hydrogen) atoms. The van der Waals surface area contributed by atoms with Gasteiger partial charge in [0, 0.05) is 13.1 Å². The van der Waals surface area contributed by atoms with Crippen molar-refractivity contribution in [1.82, 2.24) is 9.80 Å². The number of nitrogens with two attached hydrogens (primary N) is 1. The van der Waals surface area contributed by atoms with E-state index in [1.807, 2.05) is 38.1 Å². The molecule has 0 saturated carbocycles. The Morgan fingerprint density at radius 2 is 1.66 bits per heavy atom. The van der Waals surface area contributed by atoms with Gasteiger partial charge in [-0.15, -0.1) is 0 Å². The summed E-state index contributed by atoms with van der Waals surface area (Å²) in [5, 5.41) is 0. The Balaban J connectivity index is 1.30. The second-order valence-corrected chi connectivity index (χ2v) is 10.7. The fourth-order valence-electron chi connectivity index (χ4n) is 5.47. The quantitative estimate of drug-likeness (QED) is 0.461. The van der Waals surface area contributed by atoms with Gasteiger partial charge in [0.05, 0.1) is 12.2 Å². The van der Waals surface area contributed by atoms with Crippen LogP contribution >= 0.6 is 0 Å². The van der Waals surface area contributed by atoms with Crippen molar-refractivity contribution >= 4 is 11.8 Å². The van der Waals surface area contributed by atoms with Crippen LogP contribution < -0.4 is 10.5 Å². The minimum atomic E-state index is -1.09. The van der Waals surface area contributed by atoms with Crippen LogP contribution in [0.1, 0.15) is 62.7 Å². The van der Waals surface area contributed by atoms with Gasteiger partial charge < -0.3 is 20.3 Å². The Labute approximate surface area is 224 Å². The molecule has 2 aromatic rings. The largest absolute Gasteiger partial charge is 0.493 e. The molecule has 0 bridgehead atoms. The fourth-order valence-corrected chi connectivity index (χ4v) is 5.47. The summed E-state index contributed by atoms with van der Waals surface area (Å²) in [5.74, 6) is -0.517. The molecule has 6 nitrogen and oxygen atoms in total. The highest BCUT2D eigenvalue weighted by Gasteiger charge is 2.34. The zero-order valence-corrected chi connectivity index (χ0v) is 22.4. The number of carbonyl (C=O) groups excluding carboxylic acids is 2. The molecule has 2 amide bonds. The minimum absolute atomic E-state index is 0.0607. The Morgan fingerprint density at radius 3 is 2.26 bits per heavy atom. The second-order valence-electron chi connectivity index (χ2n) is 10.7. The summed E-state index contributed by atoms with van der Waals surface area (Å²) in [6.07, 6.45) is 4.25. The van der Waals surface area contributed by atoms with E-state index in [1.165, 1.54) is 17.0 Å². The highest BCUT2D eigenvalue weighted by Crippen LogP contribution is 2.28. The molecule has 2 aromatic carbocycles. The lowest BCUT2D eigenvalue weighted by molar-refractivity contribution is -0.121. The molecule has 0 aliphatic carbocycles. The molecule has 2 aliphatic heterocycles. The van der Waals surface area contributed by atoms with Gasteiger partial charge in [0.25, 0.3) is 5.91 Å². The average molecular weight is 528 g/mol. The number of hydrogen-bond donors (Lipinski definition) is 1. The van der Waals surface area contributed by atoms with Gasteiger partial charge in [-0.2, -0.15) is 0 Å². The van der Waals surface area contributed by atoms with Crippen LogP contribution in [0.25, 0.3) is 11.1 Å². The van der Waals surface area contributed by atoms with Crippen molar-refractivity contribution in [3.05, 3.63) is 53.8 Å². The van der Waals surface area contributed by atoms with E-state index in [-0.39, 0.29) is 5.56 Å². The molecule has 2 N–H and O–H groups in total. The van der Waals surface area contributed by atoms with Gasteiger partial charge in [-0.05, 0) is 92.9 Å². The van der Waals surface area contributed by atoms with Crippen LogP contribution in [0.3, 0.4) is 0 Å². The third-order valence-electron chi connectivity index (χ3n) is 8.20. The first-order valence-electron chi connectivity index (χ1n) is 13.8. The lowest BCUT2D eigenvalue weighted by Gasteiger charge is -2.36. The third kappa shape index (κ3) is 6.52. The second kappa shape index (κ2) is 12.2. The number of alkyl halides is 1. The van der Waals surface area contributed by atoms with Gasteiger partial charge in [0.1, 0.15) is 23.3 Å². The van der Waals surface area contributed by atoms with Gasteiger partial charge in [0.15, 0.2) is 0 Å². The first-order valence-corrected chi connectivity index (χ1v) is 13.8. The molecule has 4 rings (SSSR count). The number of carbonyl (C=O) groups is 2. The average Bonchev–Trinajstić information content (AvgIpc) is 3.43. The third-order valence-corrected chi connectivity index (χ3v) is 8.20. The molecule has 0 aromatic heterocycles. The van der Waals surface area contributed by atoms with E-state index in [1.54, 1.807) is 6.07 Å². The van der Waals surface area contributed by atoms with Crippen molar-refractivity contribution in [3.63, 3.8) is 0 Å². The maximum absolute atomic E-state index is 14.9. The SMILES string of the molecule is CCC(F)(CC)CN1CCC(COc2ccc(-c3ccc(C(=O)N4CCC[C@H]4C(N)=O)c(F)c3)cc2)CC1. The van der Waals surface area contributed by atoms with Crippen LogP contribution in [-0.2, 0) is 4.79 Å². The number of hydrogen-bond acceptors (Lipinski definition) is 4. The molecule has 2 heterocycles. The van der Waals surface area contributed by atoms with Crippen molar-refractivity contribution in [2.45, 2.75) is 64.1 Å². The van der Waals surface area contributed by atoms with Gasteiger partial charge in [-0.1, -0.05) is 32.0 Å². The number of nitrogens with zero attached hydrogens (tertiary/aromatic N) is 2. The van der Waals surface area contributed by atoms with Crippen molar-refractivity contribution < 1.29 is 23.1 Å². The highest BCUT2D eigenvalue weighted by molar-refractivity contribution is 5.98. The van der Waals surface area contributed by atoms with E-state index in [0.29, 0.717) is 56.9 Å². The number of halogens is 2. The number of primary amides is 1. The number of ether oxygens (including phenoxy) is 1. The minimum Gasteiger partial charge on any atom is -0.493 e. The van der Waals surface area contributed by atoms with Crippen LogP contribution in [0, 0.1) is 11.7 Å². The summed E-state index contributed by atoms with van der Waals surface area (Å²) in [6, 6.07) is 11.3. The predicted octanol–water partition coefficient (Wildman–Crippen LogP) is 5.20. The van der Waals surface area contributed by atoms with Crippen molar-refractivity contribution in [2.75, 3.05) is 32.8 Å². The summed E-state index contributed by atoms with van der Waals surface area (Å²) < 4.78 is 35.7. The number of amides is 2. The Bertz CT molecular complexity index is 1110. The first-order chi connectivity index (χ1) is 18.2. The van der Waals surface area contributed by atoms with Crippen molar-refractivity contribution in [2.24, 2.45) is 11.7 Å². The van der Waals surface area contributed by atoms with E-state index < -0.39 is 29.3 Å². The molecule has 8 heteroatoms. The van der Waals surface area contributed by atoms with Gasteiger partial charge in [0.2, 0.25) is 5.91 Å². The number of piperidine rings is 1. The van der Waals surface area contributed by atoms with Gasteiger partial charge >= 0.3 is 0 Å². The monoisotopic (exact) mass is 527 g/mol. The first kappa shape index (κ1) is 28.0. The summed E-state index contributed by atoms with van der Waals surface area (Å²) >= 11 is 0. The molecule has 2 saturated heterocycles. The summed E-state index contributed by atoms with van der Waals surface area (Å²) in [6.45, 7) is 7.14. The van der Waals surface area contributed by atoms with Crippen LogP contribution in [-0.4, -0.2) is 66.1 Å². The molecule has 1 atom stereocenters. The zero-order valence-electron chi connectivity index (χ0n) is 22.4. The van der Waals surface area contributed by atoms with E-state index in [0.717, 1.165) is 37.2 Å². The Hall–Kier alpha value is -3.00. The van der Waals surface area contributed by atoms with E-state index in [4.69, 9.17) is 10.5 Å². The highest BCUT2D eigenvalue weighted by atomic mass is 19.1. The maximum Gasteiger partial charge on any atom is 0.257 e. The summed E-state index contributed by atoms with van der Waals surface area (Å²) in [7, 11) is 0. The lowest BCUT2D eigenvalue weighted by Crippen LogP contribution is -2.44. The summed E-state index contributed by atoms with van der Waals surface area (Å²) in [4.78, 5) is 28.0. The standard InChI is InChI=1S/C30H39F2N3O3/c1-3-30(32,4-2)20-34-16-13-21(14-17-34)19-38-24-10-7-22(8-11-24)23-9-12-25(26(31)18-23)29(37)35-15-5-6-27(35)28(33)36/h7-12,18,21,27H,3-6,13-17,19-20H2,1-2H3,(H2,33,36)/t27-/m0/s1. The lowest BCUT2D eigenvalue weighted by atomic mass is 9.94. The molecule has 0 radical (unpaired) electrons. The Kier molecular flexibility index (Phi) is 9.03. The predicted molar refractivity (Wildman–Crippen MR) is 144 cm³/mol. The maximum atomic E-state index is 14.9. The smallest absolute Gasteiger partial charge is 0.257 e. The van der Waals surface area contributed by atoms with E-state index >= 15 is 0 Å². The normalized spacial score (nSPS) is 19.1. The molecule has 2 aliphatic rings. The van der Waals surface area contributed by atoms with Gasteiger partial charge in [-0.25, -0.2) is 8.78 Å². The number of benzene rings is 2. The Morgan fingerprint density at radius 1 is 1.00 bits per heavy atom. The molecule has 206 valence electrons. The van der Waals surface area contributed by atoms with Crippen LogP contribution in [0.5, 0.6) is 5.75 Å². The topological polar surface area (TPSA) is 75.9 Å². The summed E-state index contributed by atoms with van der Waals surface area (Å²) in [5.41, 5.74) is 5.70.